The van der Waals surface area contributed by atoms with Crippen molar-refractivity contribution < 1.29 is 26.7 Å². The topological polar surface area (TPSA) is 109 Å². The van der Waals surface area contributed by atoms with E-state index in [4.69, 9.17) is 15.7 Å². The number of alkyl halides is 2. The lowest BCUT2D eigenvalue weighted by atomic mass is 9.83. The first kappa shape index (κ1) is 21.8. The van der Waals surface area contributed by atoms with Crippen LogP contribution in [0.4, 0.5) is 33.5 Å². The van der Waals surface area contributed by atoms with Crippen molar-refractivity contribution in [1.82, 2.24) is 9.97 Å². The highest BCUT2D eigenvalue weighted by Gasteiger charge is 2.69. The number of hydrogen-bond acceptors (Lipinski definition) is 7. The van der Waals surface area contributed by atoms with Crippen molar-refractivity contribution in [2.45, 2.75) is 25.0 Å². The Balaban J connectivity index is 1.64. The predicted octanol–water partition coefficient (Wildman–Crippen LogP) is 4.10. The molecule has 0 saturated heterocycles. The van der Waals surface area contributed by atoms with Crippen LogP contribution in [0.2, 0.25) is 0 Å². The third kappa shape index (κ3) is 3.11. The van der Waals surface area contributed by atoms with Gasteiger partial charge in [0, 0.05) is 40.7 Å². The largest absolute Gasteiger partial charge is 0.461 e. The highest BCUT2D eigenvalue weighted by molar-refractivity contribution is 5.90. The third-order valence-corrected chi connectivity index (χ3v) is 6.22. The number of nitriles is 1. The Kier molecular flexibility index (Phi) is 4.82. The van der Waals surface area contributed by atoms with Gasteiger partial charge in [-0.15, -0.1) is 0 Å². The zero-order valence-electron chi connectivity index (χ0n) is 17.4. The van der Waals surface area contributed by atoms with Gasteiger partial charge in [-0.1, -0.05) is 6.92 Å². The Morgan fingerprint density at radius 3 is 2.62 bits per heavy atom. The van der Waals surface area contributed by atoms with Crippen molar-refractivity contribution in [2.75, 3.05) is 5.32 Å². The van der Waals surface area contributed by atoms with E-state index in [1.54, 1.807) is 6.92 Å². The van der Waals surface area contributed by atoms with Crippen molar-refractivity contribution in [3.8, 4) is 6.07 Å². The van der Waals surface area contributed by atoms with Gasteiger partial charge in [-0.05, 0) is 12.1 Å². The van der Waals surface area contributed by atoms with Crippen LogP contribution in [0, 0.1) is 40.6 Å². The van der Waals surface area contributed by atoms with Crippen LogP contribution in [-0.2, 0) is 10.3 Å². The molecule has 0 bridgehead atoms. The molecule has 174 valence electrons. The molecule has 1 saturated carbocycles. The first-order chi connectivity index (χ1) is 16.2. The summed E-state index contributed by atoms with van der Waals surface area (Å²) in [6.07, 6.45) is -1.88. The van der Waals surface area contributed by atoms with Crippen LogP contribution in [-0.4, -0.2) is 28.5 Å². The second kappa shape index (κ2) is 7.51. The lowest BCUT2D eigenvalue weighted by Crippen LogP contribution is -2.43. The Hall–Kier alpha value is -4.01. The minimum atomic E-state index is -3.22. The van der Waals surface area contributed by atoms with Gasteiger partial charge in [0.15, 0.2) is 28.8 Å². The molecule has 2 aliphatic rings. The smallest absolute Gasteiger partial charge is 0.283 e. The molecule has 2 aromatic heterocycles. The van der Waals surface area contributed by atoms with Crippen molar-refractivity contribution >= 4 is 28.4 Å². The first-order valence-electron chi connectivity index (χ1n) is 10.1. The summed E-state index contributed by atoms with van der Waals surface area (Å²) in [6, 6.07) is 4.30. The van der Waals surface area contributed by atoms with Gasteiger partial charge in [0.1, 0.15) is 17.7 Å². The van der Waals surface area contributed by atoms with Gasteiger partial charge in [0.05, 0.1) is 11.8 Å². The van der Waals surface area contributed by atoms with Gasteiger partial charge in [0.2, 0.25) is 0 Å². The summed E-state index contributed by atoms with van der Waals surface area (Å²) < 4.78 is 78.0. The number of nitrogens with zero attached hydrogens (tertiary/aromatic N) is 4. The standard InChI is InChI=1S/C22H15F5N6O/c1-8-15-18(8)34-21(29)33-22(15,20(26)27)12-3-10(4-13(23)16(12)25)32-19-17-11(14(24)7-31-19)2-9(5-28)6-30-17/h2-4,6-8,15,18,20H,1H3,(H2,29,33)(H,31,32)/t8-,15+,18-,22-/m0/s1. The SMILES string of the molecule is C[C@@H]1[C@@H]2OC(N)=N[C@](c3cc(Nc4ncc(F)c5cc(C#N)cnc45)cc(F)c3F)(C(F)F)[C@H]12. The van der Waals surface area contributed by atoms with E-state index in [-0.39, 0.29) is 28.0 Å². The summed E-state index contributed by atoms with van der Waals surface area (Å²) in [7, 11) is 0. The minimum absolute atomic E-state index is 0.00179. The fourth-order valence-electron chi connectivity index (χ4n) is 4.56. The maximum Gasteiger partial charge on any atom is 0.283 e. The van der Waals surface area contributed by atoms with Crippen molar-refractivity contribution in [3.63, 3.8) is 0 Å². The van der Waals surface area contributed by atoms with Crippen molar-refractivity contribution in [1.29, 1.82) is 5.26 Å². The summed E-state index contributed by atoms with van der Waals surface area (Å²) in [5, 5.41) is 11.7. The van der Waals surface area contributed by atoms with E-state index in [1.165, 1.54) is 12.3 Å². The molecule has 12 heteroatoms. The molecule has 1 aromatic carbocycles. The number of pyridine rings is 2. The molecule has 0 unspecified atom stereocenters. The van der Waals surface area contributed by atoms with E-state index < -0.39 is 58.9 Å². The number of amidine groups is 1. The number of aliphatic imine (C=N–C) groups is 1. The summed E-state index contributed by atoms with van der Waals surface area (Å²) in [5.74, 6) is -5.05. The van der Waals surface area contributed by atoms with Crippen LogP contribution in [0.1, 0.15) is 18.1 Å². The molecule has 3 aromatic rings. The van der Waals surface area contributed by atoms with Crippen LogP contribution < -0.4 is 11.1 Å². The summed E-state index contributed by atoms with van der Waals surface area (Å²) in [6.45, 7) is 1.63. The number of halogens is 5. The normalized spacial score (nSPS) is 25.4. The van der Waals surface area contributed by atoms with Crippen LogP contribution in [0.15, 0.2) is 35.6 Å². The van der Waals surface area contributed by atoms with Crippen LogP contribution in [0.25, 0.3) is 10.9 Å². The zero-order valence-corrected chi connectivity index (χ0v) is 17.4. The Morgan fingerprint density at radius 2 is 1.91 bits per heavy atom. The molecule has 0 amide bonds. The third-order valence-electron chi connectivity index (χ3n) is 6.22. The lowest BCUT2D eigenvalue weighted by molar-refractivity contribution is 0.0165. The van der Waals surface area contributed by atoms with Gasteiger partial charge >= 0.3 is 0 Å². The molecular weight excluding hydrogens is 459 g/mol. The van der Waals surface area contributed by atoms with Gasteiger partial charge in [-0.2, -0.15) is 5.26 Å². The first-order valence-corrected chi connectivity index (χ1v) is 10.1. The molecule has 5 rings (SSSR count). The zero-order chi connectivity index (χ0) is 24.4. The fraction of sp³-hybridized carbons (Fsp3) is 0.273. The van der Waals surface area contributed by atoms with Crippen LogP contribution >= 0.6 is 0 Å². The maximum absolute atomic E-state index is 15.0. The maximum atomic E-state index is 15.0. The van der Waals surface area contributed by atoms with Gasteiger partial charge in [0.25, 0.3) is 12.4 Å². The van der Waals surface area contributed by atoms with E-state index in [2.05, 4.69) is 20.3 Å². The average Bonchev–Trinajstić information content (AvgIpc) is 3.46. The predicted molar refractivity (Wildman–Crippen MR) is 111 cm³/mol. The molecular formula is C22H15F5N6O. The summed E-state index contributed by atoms with van der Waals surface area (Å²) in [4.78, 5) is 11.7. The van der Waals surface area contributed by atoms with Crippen LogP contribution in [0.3, 0.4) is 0 Å². The number of nitrogens with one attached hydrogen (secondary N) is 1. The van der Waals surface area contributed by atoms with E-state index >= 15 is 0 Å². The second-order valence-corrected chi connectivity index (χ2v) is 8.17. The molecule has 3 heterocycles. The van der Waals surface area contributed by atoms with Gasteiger partial charge in [-0.3, -0.25) is 4.98 Å². The number of hydrogen-bond donors (Lipinski definition) is 2. The second-order valence-electron chi connectivity index (χ2n) is 8.17. The monoisotopic (exact) mass is 474 g/mol. The summed E-state index contributed by atoms with van der Waals surface area (Å²) >= 11 is 0. The highest BCUT2D eigenvalue weighted by Crippen LogP contribution is 2.60. The average molecular weight is 474 g/mol. The van der Waals surface area contributed by atoms with Gasteiger partial charge < -0.3 is 15.8 Å². The molecule has 1 fully saturated rings. The quantitative estimate of drug-likeness (QED) is 0.551. The van der Waals surface area contributed by atoms with Crippen molar-refractivity contribution in [3.05, 3.63) is 59.2 Å². The number of benzene rings is 1. The van der Waals surface area contributed by atoms with E-state index in [1.807, 2.05) is 6.07 Å². The number of rotatable bonds is 4. The summed E-state index contributed by atoms with van der Waals surface area (Å²) in [5.41, 5.74) is 2.40. The number of nitrogens with two attached hydrogens (primary N) is 1. The molecule has 0 radical (unpaired) electrons. The minimum Gasteiger partial charge on any atom is -0.461 e. The number of anilines is 2. The van der Waals surface area contributed by atoms with Crippen LogP contribution in [0.5, 0.6) is 0 Å². The van der Waals surface area contributed by atoms with Gasteiger partial charge in [-0.25, -0.2) is 31.9 Å². The van der Waals surface area contributed by atoms with E-state index in [9.17, 15) is 22.0 Å². The van der Waals surface area contributed by atoms with E-state index in [0.717, 1.165) is 18.3 Å². The Labute approximate surface area is 189 Å². The number of aromatic nitrogens is 2. The molecule has 1 aliphatic carbocycles. The number of fused-ring (bicyclic) bond motifs is 2. The molecule has 4 atom stereocenters. The Morgan fingerprint density at radius 1 is 1.15 bits per heavy atom. The molecule has 0 spiro atoms. The highest BCUT2D eigenvalue weighted by atomic mass is 19.3. The lowest BCUT2D eigenvalue weighted by Gasteiger charge is -2.33. The molecule has 34 heavy (non-hydrogen) atoms. The fourth-order valence-corrected chi connectivity index (χ4v) is 4.56. The van der Waals surface area contributed by atoms with Crippen molar-refractivity contribution in [2.24, 2.45) is 22.6 Å². The number of ether oxygens (including phenoxy) is 1. The Bertz CT molecular complexity index is 1410. The molecule has 1 aliphatic heterocycles. The molecule has 3 N–H and O–H groups in total. The van der Waals surface area contributed by atoms with E-state index in [0.29, 0.717) is 0 Å². The molecule has 7 nitrogen and oxygen atoms in total.